The summed E-state index contributed by atoms with van der Waals surface area (Å²) in [7, 11) is 1.93. The molecule has 0 radical (unpaired) electrons. The van der Waals surface area contributed by atoms with Gasteiger partial charge in [0.25, 0.3) is 0 Å². The molecule has 25 heavy (non-hydrogen) atoms. The van der Waals surface area contributed by atoms with E-state index >= 15 is 0 Å². The molecule has 0 saturated carbocycles. The summed E-state index contributed by atoms with van der Waals surface area (Å²) < 4.78 is 7.57. The van der Waals surface area contributed by atoms with Crippen molar-refractivity contribution in [1.82, 2.24) is 20.4 Å². The number of nitrogens with one attached hydrogen (secondary N) is 2. The monoisotopic (exact) mass is 457 g/mol. The lowest BCUT2D eigenvalue weighted by molar-refractivity contribution is 0.336. The fraction of sp³-hybridized carbons (Fsp3) is 0.444. The SMILES string of the molecule is CCNC(=NCc1ccc(C)cc1OCC)NCc1ccnn1C.I. The highest BCUT2D eigenvalue weighted by Gasteiger charge is 2.05. The summed E-state index contributed by atoms with van der Waals surface area (Å²) >= 11 is 0. The summed E-state index contributed by atoms with van der Waals surface area (Å²) in [5, 5.41) is 10.8. The first-order valence-electron chi connectivity index (χ1n) is 8.35. The van der Waals surface area contributed by atoms with Crippen molar-refractivity contribution in [3.8, 4) is 5.75 Å². The molecule has 2 N–H and O–H groups in total. The van der Waals surface area contributed by atoms with Crippen molar-refractivity contribution in [1.29, 1.82) is 0 Å². The quantitative estimate of drug-likeness (QED) is 0.381. The molecule has 2 aromatic rings. The summed E-state index contributed by atoms with van der Waals surface area (Å²) in [6.45, 7) is 8.82. The van der Waals surface area contributed by atoms with E-state index in [1.54, 1.807) is 6.20 Å². The number of guanidine groups is 1. The van der Waals surface area contributed by atoms with Gasteiger partial charge in [0.05, 0.1) is 25.4 Å². The van der Waals surface area contributed by atoms with Crippen LogP contribution < -0.4 is 15.4 Å². The smallest absolute Gasteiger partial charge is 0.191 e. The van der Waals surface area contributed by atoms with Gasteiger partial charge >= 0.3 is 0 Å². The van der Waals surface area contributed by atoms with Crippen LogP contribution in [0.15, 0.2) is 35.5 Å². The van der Waals surface area contributed by atoms with Crippen LogP contribution in [-0.4, -0.2) is 28.9 Å². The lowest BCUT2D eigenvalue weighted by Gasteiger charge is -2.13. The minimum absolute atomic E-state index is 0. The Morgan fingerprint density at radius 1 is 1.24 bits per heavy atom. The molecule has 138 valence electrons. The Kier molecular flexibility index (Phi) is 9.33. The number of aromatic nitrogens is 2. The molecule has 0 saturated heterocycles. The van der Waals surface area contributed by atoms with E-state index < -0.39 is 0 Å². The number of aliphatic imine (C=N–C) groups is 1. The predicted molar refractivity (Wildman–Crippen MR) is 113 cm³/mol. The maximum Gasteiger partial charge on any atom is 0.191 e. The molecule has 0 fully saturated rings. The minimum Gasteiger partial charge on any atom is -0.494 e. The predicted octanol–water partition coefficient (Wildman–Crippen LogP) is 3.00. The first-order valence-corrected chi connectivity index (χ1v) is 8.35. The average Bonchev–Trinajstić information content (AvgIpc) is 2.97. The van der Waals surface area contributed by atoms with E-state index in [0.29, 0.717) is 19.7 Å². The molecule has 0 atom stereocenters. The number of hydrogen-bond donors (Lipinski definition) is 2. The number of aryl methyl sites for hydroxylation is 2. The van der Waals surface area contributed by atoms with Gasteiger partial charge in [-0.15, -0.1) is 24.0 Å². The topological polar surface area (TPSA) is 63.5 Å². The number of ether oxygens (including phenoxy) is 1. The number of hydrogen-bond acceptors (Lipinski definition) is 3. The van der Waals surface area contributed by atoms with E-state index in [2.05, 4.69) is 52.8 Å². The van der Waals surface area contributed by atoms with Crippen LogP contribution in [0, 0.1) is 6.92 Å². The molecule has 1 aromatic carbocycles. The van der Waals surface area contributed by atoms with Crippen LogP contribution in [-0.2, 0) is 20.1 Å². The van der Waals surface area contributed by atoms with Crippen molar-refractivity contribution in [2.24, 2.45) is 12.0 Å². The Bertz CT molecular complexity index is 684. The molecule has 0 spiro atoms. The number of nitrogens with zero attached hydrogens (tertiary/aromatic N) is 3. The zero-order chi connectivity index (χ0) is 17.4. The van der Waals surface area contributed by atoms with Crippen LogP contribution in [0.1, 0.15) is 30.7 Å². The van der Waals surface area contributed by atoms with Crippen molar-refractivity contribution in [3.63, 3.8) is 0 Å². The molecule has 0 aliphatic rings. The summed E-state index contributed by atoms with van der Waals surface area (Å²) in [6.07, 6.45) is 1.79. The van der Waals surface area contributed by atoms with Crippen LogP contribution in [0.2, 0.25) is 0 Å². The van der Waals surface area contributed by atoms with Gasteiger partial charge < -0.3 is 15.4 Å². The Balaban J connectivity index is 0.00000312. The van der Waals surface area contributed by atoms with E-state index in [9.17, 15) is 0 Å². The average molecular weight is 457 g/mol. The standard InChI is InChI=1S/C18H27N5O.HI/c1-5-19-18(21-13-16-9-10-22-23(16)4)20-12-15-8-7-14(3)11-17(15)24-6-2;/h7-11H,5-6,12-13H2,1-4H3,(H2,19,20,21);1H. The molecule has 0 bridgehead atoms. The summed E-state index contributed by atoms with van der Waals surface area (Å²) in [4.78, 5) is 4.67. The van der Waals surface area contributed by atoms with Crippen LogP contribution in [0.5, 0.6) is 5.75 Å². The van der Waals surface area contributed by atoms with Crippen molar-refractivity contribution in [2.45, 2.75) is 33.9 Å². The Labute approximate surface area is 167 Å². The molecule has 0 unspecified atom stereocenters. The van der Waals surface area contributed by atoms with E-state index in [-0.39, 0.29) is 24.0 Å². The molecule has 1 heterocycles. The Hall–Kier alpha value is -1.77. The van der Waals surface area contributed by atoms with Gasteiger partial charge in [-0.05, 0) is 38.5 Å². The van der Waals surface area contributed by atoms with Gasteiger partial charge in [-0.2, -0.15) is 5.10 Å². The van der Waals surface area contributed by atoms with E-state index in [1.165, 1.54) is 5.56 Å². The third kappa shape index (κ3) is 6.56. The van der Waals surface area contributed by atoms with Crippen molar-refractivity contribution in [2.75, 3.05) is 13.2 Å². The van der Waals surface area contributed by atoms with Crippen LogP contribution in [0.4, 0.5) is 0 Å². The maximum absolute atomic E-state index is 5.72. The van der Waals surface area contributed by atoms with E-state index in [0.717, 1.165) is 29.5 Å². The van der Waals surface area contributed by atoms with Crippen molar-refractivity contribution in [3.05, 3.63) is 47.3 Å². The van der Waals surface area contributed by atoms with Crippen molar-refractivity contribution >= 4 is 29.9 Å². The number of rotatable bonds is 7. The maximum atomic E-state index is 5.72. The van der Waals surface area contributed by atoms with Gasteiger partial charge in [0.1, 0.15) is 5.75 Å². The molecule has 0 aliphatic heterocycles. The Morgan fingerprint density at radius 3 is 2.68 bits per heavy atom. The molecular weight excluding hydrogens is 429 g/mol. The molecule has 0 aliphatic carbocycles. The number of halogens is 1. The zero-order valence-electron chi connectivity index (χ0n) is 15.4. The van der Waals surface area contributed by atoms with Gasteiger partial charge in [0, 0.05) is 25.4 Å². The molecule has 2 rings (SSSR count). The largest absolute Gasteiger partial charge is 0.494 e. The van der Waals surface area contributed by atoms with Crippen LogP contribution >= 0.6 is 24.0 Å². The van der Waals surface area contributed by atoms with E-state index in [1.807, 2.05) is 24.7 Å². The van der Waals surface area contributed by atoms with Gasteiger partial charge in [0.2, 0.25) is 0 Å². The normalized spacial score (nSPS) is 11.0. The highest BCUT2D eigenvalue weighted by molar-refractivity contribution is 14.0. The second kappa shape index (κ2) is 11.0. The highest BCUT2D eigenvalue weighted by atomic mass is 127. The molecule has 1 aromatic heterocycles. The van der Waals surface area contributed by atoms with Crippen LogP contribution in [0.3, 0.4) is 0 Å². The summed E-state index contributed by atoms with van der Waals surface area (Å²) in [5.74, 6) is 1.69. The first-order chi connectivity index (χ1) is 11.6. The fourth-order valence-electron chi connectivity index (χ4n) is 2.34. The van der Waals surface area contributed by atoms with Crippen molar-refractivity contribution < 1.29 is 4.74 Å². The van der Waals surface area contributed by atoms with Gasteiger partial charge in [0.15, 0.2) is 5.96 Å². The molecule has 0 amide bonds. The van der Waals surface area contributed by atoms with E-state index in [4.69, 9.17) is 4.74 Å². The third-order valence-corrected chi connectivity index (χ3v) is 3.63. The first kappa shape index (κ1) is 21.3. The molecular formula is C18H28IN5O. The highest BCUT2D eigenvalue weighted by Crippen LogP contribution is 2.21. The zero-order valence-corrected chi connectivity index (χ0v) is 17.7. The fourth-order valence-corrected chi connectivity index (χ4v) is 2.34. The lowest BCUT2D eigenvalue weighted by atomic mass is 10.1. The summed E-state index contributed by atoms with van der Waals surface area (Å²) in [5.41, 5.74) is 3.37. The van der Waals surface area contributed by atoms with Gasteiger partial charge in [-0.3, -0.25) is 4.68 Å². The van der Waals surface area contributed by atoms with Gasteiger partial charge in [-0.1, -0.05) is 12.1 Å². The summed E-state index contributed by atoms with van der Waals surface area (Å²) in [6, 6.07) is 8.21. The molecule has 7 heteroatoms. The van der Waals surface area contributed by atoms with Crippen LogP contribution in [0.25, 0.3) is 0 Å². The van der Waals surface area contributed by atoms with Gasteiger partial charge in [-0.25, -0.2) is 4.99 Å². The second-order valence-electron chi connectivity index (χ2n) is 5.54. The lowest BCUT2D eigenvalue weighted by Crippen LogP contribution is -2.37. The Morgan fingerprint density at radius 2 is 2.04 bits per heavy atom. The number of benzene rings is 1. The molecule has 6 nitrogen and oxygen atoms in total. The third-order valence-electron chi connectivity index (χ3n) is 3.63. The minimum atomic E-state index is 0. The second-order valence-corrected chi connectivity index (χ2v) is 5.54.